The van der Waals surface area contributed by atoms with E-state index in [4.69, 9.17) is 11.5 Å². The van der Waals surface area contributed by atoms with Gasteiger partial charge in [0.05, 0.1) is 0 Å². The van der Waals surface area contributed by atoms with Crippen LogP contribution in [0.3, 0.4) is 0 Å². The topological polar surface area (TPSA) is 64.9 Å². The van der Waals surface area contributed by atoms with Crippen molar-refractivity contribution in [3.63, 3.8) is 0 Å². The number of hydrogen-bond donors (Lipinski definition) is 2. The number of aromatic nitrogens is 1. The van der Waals surface area contributed by atoms with Gasteiger partial charge in [-0.1, -0.05) is 6.07 Å². The number of pyridine rings is 1. The van der Waals surface area contributed by atoms with Crippen LogP contribution in [0.5, 0.6) is 0 Å². The summed E-state index contributed by atoms with van der Waals surface area (Å²) in [6, 6.07) is 3.80. The van der Waals surface area contributed by atoms with Gasteiger partial charge in [0.15, 0.2) is 0 Å². The molecule has 0 bridgehead atoms. The Bertz CT molecular complexity index is 359. The van der Waals surface area contributed by atoms with Gasteiger partial charge in [0.25, 0.3) is 0 Å². The Morgan fingerprint density at radius 3 is 2.75 bits per heavy atom. The summed E-state index contributed by atoms with van der Waals surface area (Å²) in [7, 11) is 0. The third-order valence-electron chi connectivity index (χ3n) is 3.36. The van der Waals surface area contributed by atoms with E-state index in [9.17, 15) is 4.39 Å². The van der Waals surface area contributed by atoms with Crippen LogP contribution in [-0.2, 0) is 6.42 Å². The molecule has 4 heteroatoms. The second-order valence-corrected chi connectivity index (χ2v) is 4.71. The molecule has 0 amide bonds. The van der Waals surface area contributed by atoms with E-state index >= 15 is 0 Å². The molecule has 1 fully saturated rings. The maximum Gasteiger partial charge on any atom is 0.126 e. The Kier molecular flexibility index (Phi) is 3.10. The first-order valence-electron chi connectivity index (χ1n) is 5.73. The van der Waals surface area contributed by atoms with Crippen LogP contribution in [0.25, 0.3) is 0 Å². The van der Waals surface area contributed by atoms with Gasteiger partial charge in [-0.3, -0.25) is 0 Å². The van der Waals surface area contributed by atoms with E-state index < -0.39 is 5.67 Å². The second-order valence-electron chi connectivity index (χ2n) is 4.71. The molecular formula is C12H18FN3. The molecule has 0 spiro atoms. The smallest absolute Gasteiger partial charge is 0.126 e. The molecule has 1 saturated carbocycles. The fourth-order valence-electron chi connectivity index (χ4n) is 2.28. The van der Waals surface area contributed by atoms with Crippen molar-refractivity contribution in [2.75, 3.05) is 5.73 Å². The molecular weight excluding hydrogens is 205 g/mol. The number of nitrogen functional groups attached to an aromatic ring is 1. The fourth-order valence-corrected chi connectivity index (χ4v) is 2.28. The zero-order chi connectivity index (χ0) is 11.6. The van der Waals surface area contributed by atoms with Crippen LogP contribution >= 0.6 is 0 Å². The lowest BCUT2D eigenvalue weighted by molar-refractivity contribution is 0.0996. The summed E-state index contributed by atoms with van der Waals surface area (Å²) in [5, 5.41) is 0. The van der Waals surface area contributed by atoms with Gasteiger partial charge in [0.2, 0.25) is 0 Å². The Labute approximate surface area is 95.0 Å². The van der Waals surface area contributed by atoms with Gasteiger partial charge in [-0.25, -0.2) is 9.37 Å². The van der Waals surface area contributed by atoms with Gasteiger partial charge < -0.3 is 11.5 Å². The van der Waals surface area contributed by atoms with E-state index in [-0.39, 0.29) is 6.04 Å². The quantitative estimate of drug-likeness (QED) is 0.803. The predicted octanol–water partition coefficient (Wildman–Crippen LogP) is 1.82. The summed E-state index contributed by atoms with van der Waals surface area (Å²) in [4.78, 5) is 3.98. The number of nitrogens with two attached hydrogens (primary N) is 2. The number of hydrogen-bond acceptors (Lipinski definition) is 3. The van der Waals surface area contributed by atoms with E-state index in [0.717, 1.165) is 18.4 Å². The Hall–Kier alpha value is -1.16. The van der Waals surface area contributed by atoms with Crippen LogP contribution < -0.4 is 11.5 Å². The monoisotopic (exact) mass is 223 g/mol. The number of rotatable bonds is 2. The molecule has 3 nitrogen and oxygen atoms in total. The molecule has 0 atom stereocenters. The minimum absolute atomic E-state index is 0.162. The molecule has 0 radical (unpaired) electrons. The van der Waals surface area contributed by atoms with E-state index in [1.807, 2.05) is 6.07 Å². The van der Waals surface area contributed by atoms with E-state index in [0.29, 0.717) is 25.1 Å². The molecule has 1 heterocycles. The van der Waals surface area contributed by atoms with Gasteiger partial charge >= 0.3 is 0 Å². The van der Waals surface area contributed by atoms with Crippen molar-refractivity contribution in [2.45, 2.75) is 43.8 Å². The van der Waals surface area contributed by atoms with Crippen LogP contribution in [0.4, 0.5) is 10.2 Å². The highest BCUT2D eigenvalue weighted by molar-refractivity contribution is 5.39. The zero-order valence-electron chi connectivity index (χ0n) is 9.32. The first-order chi connectivity index (χ1) is 7.59. The number of nitrogens with zero attached hydrogens (tertiary/aromatic N) is 1. The molecule has 1 aromatic rings. The molecule has 0 saturated heterocycles. The van der Waals surface area contributed by atoms with E-state index in [2.05, 4.69) is 4.98 Å². The number of halogens is 1. The van der Waals surface area contributed by atoms with Gasteiger partial charge in [-0.05, 0) is 37.3 Å². The summed E-state index contributed by atoms with van der Waals surface area (Å²) in [5.74, 6) is 0.439. The Morgan fingerprint density at radius 2 is 2.12 bits per heavy atom. The van der Waals surface area contributed by atoms with Crippen molar-refractivity contribution in [3.05, 3.63) is 23.9 Å². The number of anilines is 1. The van der Waals surface area contributed by atoms with Crippen LogP contribution in [0, 0.1) is 0 Å². The lowest BCUT2D eigenvalue weighted by Gasteiger charge is -2.32. The molecule has 16 heavy (non-hydrogen) atoms. The van der Waals surface area contributed by atoms with Crippen molar-refractivity contribution in [1.82, 2.24) is 4.98 Å². The van der Waals surface area contributed by atoms with Crippen LogP contribution in [0.15, 0.2) is 18.3 Å². The predicted molar refractivity (Wildman–Crippen MR) is 62.6 cm³/mol. The van der Waals surface area contributed by atoms with Gasteiger partial charge in [0, 0.05) is 18.7 Å². The second kappa shape index (κ2) is 4.37. The Balaban J connectivity index is 2.07. The molecule has 88 valence electrons. The lowest BCUT2D eigenvalue weighted by Crippen LogP contribution is -2.37. The van der Waals surface area contributed by atoms with Crippen molar-refractivity contribution in [3.8, 4) is 0 Å². The highest BCUT2D eigenvalue weighted by atomic mass is 19.1. The van der Waals surface area contributed by atoms with E-state index in [1.54, 1.807) is 12.3 Å². The molecule has 4 N–H and O–H groups in total. The van der Waals surface area contributed by atoms with Crippen LogP contribution in [0.1, 0.15) is 31.2 Å². The van der Waals surface area contributed by atoms with Crippen LogP contribution in [-0.4, -0.2) is 16.7 Å². The van der Waals surface area contributed by atoms with Crippen molar-refractivity contribution in [2.24, 2.45) is 5.73 Å². The van der Waals surface area contributed by atoms with Gasteiger partial charge in [-0.2, -0.15) is 0 Å². The zero-order valence-corrected chi connectivity index (χ0v) is 9.32. The molecule has 0 aliphatic heterocycles. The van der Waals surface area contributed by atoms with Crippen LogP contribution in [0.2, 0.25) is 0 Å². The summed E-state index contributed by atoms with van der Waals surface area (Å²) < 4.78 is 14.5. The minimum atomic E-state index is -1.15. The molecule has 1 aliphatic rings. The molecule has 0 aromatic carbocycles. The SMILES string of the molecule is Nc1ncccc1CC1(F)CCC(N)CC1. The average molecular weight is 223 g/mol. The summed E-state index contributed by atoms with van der Waals surface area (Å²) in [6.45, 7) is 0. The molecule has 1 aromatic heterocycles. The largest absolute Gasteiger partial charge is 0.383 e. The summed E-state index contributed by atoms with van der Waals surface area (Å²) in [5.41, 5.74) is 11.2. The van der Waals surface area contributed by atoms with Gasteiger partial charge in [-0.15, -0.1) is 0 Å². The summed E-state index contributed by atoms with van der Waals surface area (Å²) in [6.07, 6.45) is 4.57. The van der Waals surface area contributed by atoms with E-state index in [1.165, 1.54) is 0 Å². The lowest BCUT2D eigenvalue weighted by atomic mass is 9.80. The van der Waals surface area contributed by atoms with Crippen molar-refractivity contribution in [1.29, 1.82) is 0 Å². The fraction of sp³-hybridized carbons (Fsp3) is 0.583. The van der Waals surface area contributed by atoms with Crippen molar-refractivity contribution < 1.29 is 4.39 Å². The third kappa shape index (κ3) is 2.50. The first kappa shape index (κ1) is 11.3. The Morgan fingerprint density at radius 1 is 1.44 bits per heavy atom. The standard InChI is InChI=1S/C12H18FN3/c13-12(5-3-10(14)4-6-12)8-9-2-1-7-16-11(9)15/h1-2,7,10H,3-6,8,14H2,(H2,15,16). The normalized spacial score (nSPS) is 30.2. The molecule has 0 unspecified atom stereocenters. The highest BCUT2D eigenvalue weighted by Gasteiger charge is 2.34. The molecule has 1 aliphatic carbocycles. The average Bonchev–Trinajstić information content (AvgIpc) is 2.27. The maximum atomic E-state index is 14.5. The first-order valence-corrected chi connectivity index (χ1v) is 5.73. The maximum absolute atomic E-state index is 14.5. The number of alkyl halides is 1. The third-order valence-corrected chi connectivity index (χ3v) is 3.36. The minimum Gasteiger partial charge on any atom is -0.383 e. The molecule has 2 rings (SSSR count). The van der Waals surface area contributed by atoms with Gasteiger partial charge in [0.1, 0.15) is 11.5 Å². The van der Waals surface area contributed by atoms with Crippen molar-refractivity contribution >= 4 is 5.82 Å². The summed E-state index contributed by atoms with van der Waals surface area (Å²) >= 11 is 0. The highest BCUT2D eigenvalue weighted by Crippen LogP contribution is 2.35.